The summed E-state index contributed by atoms with van der Waals surface area (Å²) in [7, 11) is 0. The summed E-state index contributed by atoms with van der Waals surface area (Å²) in [4.78, 5) is 0. The first-order valence-electron chi connectivity index (χ1n) is 6.69. The SMILES string of the molecule is CCC(C)Cc1ccc(Oc2ccc(F)cc2)cc1. The monoisotopic (exact) mass is 258 g/mol. The van der Waals surface area contributed by atoms with Gasteiger partial charge in [-0.15, -0.1) is 0 Å². The average molecular weight is 258 g/mol. The summed E-state index contributed by atoms with van der Waals surface area (Å²) in [6.45, 7) is 4.46. The summed E-state index contributed by atoms with van der Waals surface area (Å²) in [6.07, 6.45) is 2.28. The molecule has 0 aliphatic rings. The van der Waals surface area contributed by atoms with Gasteiger partial charge in [0.2, 0.25) is 0 Å². The molecule has 0 bridgehead atoms. The highest BCUT2D eigenvalue weighted by atomic mass is 19.1. The van der Waals surface area contributed by atoms with Crippen molar-refractivity contribution < 1.29 is 9.13 Å². The second-order valence-corrected chi connectivity index (χ2v) is 4.92. The molecule has 0 heterocycles. The van der Waals surface area contributed by atoms with Crippen molar-refractivity contribution in [1.29, 1.82) is 0 Å². The van der Waals surface area contributed by atoms with E-state index in [0.717, 1.165) is 12.2 Å². The largest absolute Gasteiger partial charge is 0.457 e. The van der Waals surface area contributed by atoms with E-state index >= 15 is 0 Å². The first-order valence-corrected chi connectivity index (χ1v) is 6.69. The van der Waals surface area contributed by atoms with E-state index in [4.69, 9.17) is 4.74 Å². The highest BCUT2D eigenvalue weighted by molar-refractivity contribution is 5.33. The van der Waals surface area contributed by atoms with Crippen LogP contribution in [0.1, 0.15) is 25.8 Å². The molecule has 2 aromatic rings. The number of halogens is 1. The minimum absolute atomic E-state index is 0.253. The maximum atomic E-state index is 12.8. The molecule has 1 nitrogen and oxygen atoms in total. The van der Waals surface area contributed by atoms with Gasteiger partial charge in [-0.05, 0) is 54.3 Å². The smallest absolute Gasteiger partial charge is 0.127 e. The Balaban J connectivity index is 2.00. The standard InChI is InChI=1S/C17H19FO/c1-3-13(2)12-14-4-8-16(9-5-14)19-17-10-6-15(18)7-11-17/h4-11,13H,3,12H2,1-2H3. The van der Waals surface area contributed by atoms with Gasteiger partial charge in [0.05, 0.1) is 0 Å². The van der Waals surface area contributed by atoms with Gasteiger partial charge in [-0.2, -0.15) is 0 Å². The molecule has 0 fully saturated rings. The normalized spacial score (nSPS) is 12.2. The Bertz CT molecular complexity index is 502. The van der Waals surface area contributed by atoms with E-state index in [1.165, 1.54) is 24.1 Å². The predicted molar refractivity (Wildman–Crippen MR) is 76.1 cm³/mol. The molecule has 0 aromatic heterocycles. The molecule has 0 radical (unpaired) electrons. The Hall–Kier alpha value is -1.83. The number of ether oxygens (including phenoxy) is 1. The minimum Gasteiger partial charge on any atom is -0.457 e. The quantitative estimate of drug-likeness (QED) is 0.715. The number of rotatable bonds is 5. The van der Waals surface area contributed by atoms with Crippen molar-refractivity contribution >= 4 is 0 Å². The van der Waals surface area contributed by atoms with Crippen LogP contribution in [0.15, 0.2) is 48.5 Å². The topological polar surface area (TPSA) is 9.23 Å². The van der Waals surface area contributed by atoms with E-state index in [1.807, 2.05) is 12.1 Å². The van der Waals surface area contributed by atoms with Gasteiger partial charge in [0.15, 0.2) is 0 Å². The van der Waals surface area contributed by atoms with Gasteiger partial charge < -0.3 is 4.74 Å². The molecule has 19 heavy (non-hydrogen) atoms. The third-order valence-electron chi connectivity index (χ3n) is 3.25. The van der Waals surface area contributed by atoms with Crippen LogP contribution in [0.2, 0.25) is 0 Å². The lowest BCUT2D eigenvalue weighted by Crippen LogP contribution is -1.97. The number of hydrogen-bond donors (Lipinski definition) is 0. The molecule has 1 atom stereocenters. The fraction of sp³-hybridized carbons (Fsp3) is 0.294. The summed E-state index contributed by atoms with van der Waals surface area (Å²) in [6, 6.07) is 14.1. The van der Waals surface area contributed by atoms with Crippen molar-refractivity contribution in [3.05, 3.63) is 59.9 Å². The van der Waals surface area contributed by atoms with Crippen molar-refractivity contribution in [2.24, 2.45) is 5.92 Å². The zero-order valence-electron chi connectivity index (χ0n) is 11.4. The Kier molecular flexibility index (Phi) is 4.56. The summed E-state index contributed by atoms with van der Waals surface area (Å²) in [5.41, 5.74) is 1.32. The highest BCUT2D eigenvalue weighted by Crippen LogP contribution is 2.22. The van der Waals surface area contributed by atoms with Gasteiger partial charge >= 0.3 is 0 Å². The van der Waals surface area contributed by atoms with Crippen molar-refractivity contribution in [2.45, 2.75) is 26.7 Å². The summed E-state index contributed by atoms with van der Waals surface area (Å²) >= 11 is 0. The van der Waals surface area contributed by atoms with E-state index in [2.05, 4.69) is 26.0 Å². The second kappa shape index (κ2) is 6.37. The highest BCUT2D eigenvalue weighted by Gasteiger charge is 2.02. The zero-order chi connectivity index (χ0) is 13.7. The summed E-state index contributed by atoms with van der Waals surface area (Å²) < 4.78 is 18.4. The van der Waals surface area contributed by atoms with Crippen LogP contribution >= 0.6 is 0 Å². The molecule has 100 valence electrons. The van der Waals surface area contributed by atoms with Crippen LogP contribution in [-0.4, -0.2) is 0 Å². The van der Waals surface area contributed by atoms with Crippen molar-refractivity contribution in [2.75, 3.05) is 0 Å². The predicted octanol–water partition coefficient (Wildman–Crippen LogP) is 5.21. The number of benzene rings is 2. The van der Waals surface area contributed by atoms with Crippen LogP contribution in [0.5, 0.6) is 11.5 Å². The Morgan fingerprint density at radius 2 is 1.47 bits per heavy atom. The maximum Gasteiger partial charge on any atom is 0.127 e. The summed E-state index contributed by atoms with van der Waals surface area (Å²) in [5.74, 6) is 1.87. The molecule has 2 heteroatoms. The molecule has 1 unspecified atom stereocenters. The van der Waals surface area contributed by atoms with E-state index < -0.39 is 0 Å². The fourth-order valence-electron chi connectivity index (χ4n) is 1.88. The van der Waals surface area contributed by atoms with Gasteiger partial charge in [0, 0.05) is 0 Å². The van der Waals surface area contributed by atoms with Crippen molar-refractivity contribution in [3.8, 4) is 11.5 Å². The molecule has 2 aromatic carbocycles. The molecule has 0 spiro atoms. The summed E-state index contributed by atoms with van der Waals surface area (Å²) in [5, 5.41) is 0. The van der Waals surface area contributed by atoms with E-state index in [0.29, 0.717) is 11.7 Å². The lowest BCUT2D eigenvalue weighted by Gasteiger charge is -2.10. The minimum atomic E-state index is -0.253. The molecular weight excluding hydrogens is 239 g/mol. The van der Waals surface area contributed by atoms with Gasteiger partial charge in [0.25, 0.3) is 0 Å². The van der Waals surface area contributed by atoms with Crippen LogP contribution in [0, 0.1) is 11.7 Å². The third-order valence-corrected chi connectivity index (χ3v) is 3.25. The lowest BCUT2D eigenvalue weighted by molar-refractivity contribution is 0.480. The first-order chi connectivity index (χ1) is 9.17. The van der Waals surface area contributed by atoms with Gasteiger partial charge in [0.1, 0.15) is 17.3 Å². The van der Waals surface area contributed by atoms with Crippen molar-refractivity contribution in [1.82, 2.24) is 0 Å². The Morgan fingerprint density at radius 3 is 2.00 bits per heavy atom. The van der Waals surface area contributed by atoms with E-state index in [1.54, 1.807) is 12.1 Å². The van der Waals surface area contributed by atoms with E-state index in [-0.39, 0.29) is 5.82 Å². The van der Waals surface area contributed by atoms with Crippen LogP contribution in [0.25, 0.3) is 0 Å². The molecule has 2 rings (SSSR count). The van der Waals surface area contributed by atoms with Gasteiger partial charge in [-0.1, -0.05) is 32.4 Å². The Labute approximate surface area is 114 Å². The van der Waals surface area contributed by atoms with Crippen LogP contribution in [-0.2, 0) is 6.42 Å². The lowest BCUT2D eigenvalue weighted by atomic mass is 9.99. The molecule has 0 amide bonds. The van der Waals surface area contributed by atoms with Gasteiger partial charge in [-0.25, -0.2) is 4.39 Å². The van der Waals surface area contributed by atoms with Crippen LogP contribution in [0.4, 0.5) is 4.39 Å². The third kappa shape index (κ3) is 4.09. The van der Waals surface area contributed by atoms with E-state index in [9.17, 15) is 4.39 Å². The maximum absolute atomic E-state index is 12.8. The van der Waals surface area contributed by atoms with Crippen LogP contribution < -0.4 is 4.74 Å². The van der Waals surface area contributed by atoms with Gasteiger partial charge in [-0.3, -0.25) is 0 Å². The average Bonchev–Trinajstić information content (AvgIpc) is 2.43. The second-order valence-electron chi connectivity index (χ2n) is 4.92. The molecule has 0 saturated carbocycles. The molecule has 0 saturated heterocycles. The Morgan fingerprint density at radius 1 is 0.947 bits per heavy atom. The molecule has 0 N–H and O–H groups in total. The molecular formula is C17H19FO. The fourth-order valence-corrected chi connectivity index (χ4v) is 1.88. The first kappa shape index (κ1) is 13.6. The van der Waals surface area contributed by atoms with Crippen molar-refractivity contribution in [3.63, 3.8) is 0 Å². The van der Waals surface area contributed by atoms with Crippen LogP contribution in [0.3, 0.4) is 0 Å². The molecule has 0 aliphatic carbocycles. The number of hydrogen-bond acceptors (Lipinski definition) is 1. The zero-order valence-corrected chi connectivity index (χ0v) is 11.4. The molecule has 0 aliphatic heterocycles.